The number of quaternary nitrogens is 1. The number of aliphatic imine (C=N–C) groups is 4. The van der Waals surface area contributed by atoms with Crippen molar-refractivity contribution in [2.24, 2.45) is 88.8 Å². The van der Waals surface area contributed by atoms with Crippen molar-refractivity contribution in [2.45, 2.75) is 215 Å². The van der Waals surface area contributed by atoms with E-state index >= 15 is 0 Å². The average Bonchev–Trinajstić information content (AvgIpc) is 1.65. The molecule has 0 spiro atoms. The van der Waals surface area contributed by atoms with Crippen LogP contribution in [0.5, 0.6) is 11.5 Å². The summed E-state index contributed by atoms with van der Waals surface area (Å²) in [6.45, 7) is 26.3. The first-order valence-electron chi connectivity index (χ1n) is 46.0. The van der Waals surface area contributed by atoms with Crippen LogP contribution in [0.1, 0.15) is 196 Å². The van der Waals surface area contributed by atoms with Crippen molar-refractivity contribution in [3.05, 3.63) is 182 Å². The van der Waals surface area contributed by atoms with Crippen molar-refractivity contribution in [3.8, 4) is 11.5 Å². The number of halogens is 8. The summed E-state index contributed by atoms with van der Waals surface area (Å²) in [5.74, 6) is 1.39. The molecule has 2 aliphatic rings. The van der Waals surface area contributed by atoms with E-state index < -0.39 is 35.5 Å². The van der Waals surface area contributed by atoms with Gasteiger partial charge in [0, 0.05) is 130 Å². The number of rotatable bonds is 34. The average molecular weight is 2110 g/mol. The molecular weight excluding hydrogens is 1950 g/mol. The predicted molar refractivity (Wildman–Crippen MR) is 577 cm³/mol. The van der Waals surface area contributed by atoms with Gasteiger partial charge in [-0.15, -0.1) is 0 Å². The SMILES string of the molecule is C=C(C)CN(C)C(=N)N.CC(=O)C(N)(CCCN)C(F)F.CC(=O)C(N)(CCCN)C(F)F.CC(=O)CN(C)C(=N)N.CC(=O)[C@@H](N)CCCN=C(N)N.CC(=O)[C@@H](N)CCCN=C(N)N.CC(=O)c1cccnc1.CC(=O)c1cccnc1.CCCc1c[nH]c2ccc(O)cc12.CCc1c(CO)cnc(C)c1O.C[N+](C)(C)CCO.Clc1cccc(Cl)c1NC1=NCCC1.Clc1cccc(Cl)c1NC1=NCCC1. The molecule has 144 heavy (non-hydrogen) atoms. The molecule has 0 saturated heterocycles. The predicted octanol–water partition coefficient (Wildman–Crippen LogP) is 11.7. The zero-order chi connectivity index (χ0) is 111. The molecule has 0 fully saturated rings. The topological polar surface area (TPSA) is 695 Å². The summed E-state index contributed by atoms with van der Waals surface area (Å²) in [6.07, 6.45) is 14.7. The summed E-state index contributed by atoms with van der Waals surface area (Å²) in [5.41, 5.74) is 66.6. The second-order valence-corrected chi connectivity index (χ2v) is 35.3. The van der Waals surface area contributed by atoms with Gasteiger partial charge in [0.05, 0.1) is 90.1 Å². The molecule has 0 aliphatic carbocycles. The second-order valence-electron chi connectivity index (χ2n) is 33.7. The number of aliphatic hydroxyl groups excluding tert-OH is 2. The number of hydrogen-bond acceptors (Lipinski definition) is 28. The second kappa shape index (κ2) is 77.7. The number of aliphatic hydroxyl groups is 2. The summed E-state index contributed by atoms with van der Waals surface area (Å²) in [5, 5.41) is 60.0. The number of aromatic amines is 1. The molecule has 4 aromatic heterocycles. The van der Waals surface area contributed by atoms with E-state index in [0.29, 0.717) is 100.0 Å². The van der Waals surface area contributed by atoms with Crippen molar-refractivity contribution in [1.29, 1.82) is 10.8 Å². The maximum Gasteiger partial charge on any atom is 0.263 e. The smallest absolute Gasteiger partial charge is 0.263 e. The molecular formula is C98H158Cl4F4N27O11+. The largest absolute Gasteiger partial charge is 0.508 e. The summed E-state index contributed by atoms with van der Waals surface area (Å²) in [4.78, 5) is 108. The molecule has 2 aliphatic heterocycles. The number of para-hydroxylation sites is 2. The lowest BCUT2D eigenvalue weighted by Gasteiger charge is -2.24. The number of aryl methyl sites for hydroxylation is 2. The third-order valence-corrected chi connectivity index (χ3v) is 21.1. The molecule has 0 amide bonds. The fraction of sp³-hybridized carbons (Fsp3) is 0.490. The Morgan fingerprint density at radius 2 is 1.01 bits per heavy atom. The van der Waals surface area contributed by atoms with Crippen LogP contribution in [-0.4, -0.2) is 267 Å². The maximum absolute atomic E-state index is 12.3. The van der Waals surface area contributed by atoms with Crippen molar-refractivity contribution in [3.63, 3.8) is 0 Å². The highest BCUT2D eigenvalue weighted by Gasteiger charge is 2.41. The number of nitrogens with two attached hydrogens (primary N) is 12. The Kier molecular flexibility index (Phi) is 74.7. The number of carbonyl (C=O) groups excluding carboxylic acids is 7. The van der Waals surface area contributed by atoms with Crippen LogP contribution >= 0.6 is 46.4 Å². The van der Waals surface area contributed by atoms with Gasteiger partial charge in [-0.1, -0.05) is 91.0 Å². The normalized spacial score (nSPS) is 12.3. The van der Waals surface area contributed by atoms with Gasteiger partial charge in [0.15, 0.2) is 47.0 Å². The lowest BCUT2D eigenvalue weighted by molar-refractivity contribution is -0.870. The van der Waals surface area contributed by atoms with Gasteiger partial charge in [-0.2, -0.15) is 0 Å². The number of Topliss-reactive ketones (excluding diaryl/α,β-unsaturated/α-hetero) is 7. The van der Waals surface area contributed by atoms with Crippen LogP contribution in [0.15, 0.2) is 148 Å². The third-order valence-electron chi connectivity index (χ3n) is 19.8. The van der Waals surface area contributed by atoms with Gasteiger partial charge >= 0.3 is 0 Å². The highest BCUT2D eigenvalue weighted by Crippen LogP contribution is 2.33. The number of alkyl halides is 4. The Morgan fingerprint density at radius 3 is 1.26 bits per heavy atom. The van der Waals surface area contributed by atoms with Crippen molar-refractivity contribution in [1.82, 2.24) is 29.7 Å². The van der Waals surface area contributed by atoms with Gasteiger partial charge in [-0.25, -0.2) is 17.6 Å². The number of pyridine rings is 3. The van der Waals surface area contributed by atoms with E-state index in [2.05, 4.69) is 85.2 Å². The minimum atomic E-state index is -2.82. The van der Waals surface area contributed by atoms with Gasteiger partial charge in [-0.05, 0) is 225 Å². The lowest BCUT2D eigenvalue weighted by atomic mass is 9.91. The number of nitrogens with one attached hydrogen (secondary N) is 5. The number of nitrogens with zero attached hydrogens (tertiary/aromatic N) is 10. The number of likely N-dealkylation sites (N-methyl/N-ethyl adjacent to an activating group) is 3. The molecule has 33 N–H and O–H groups in total. The number of benzene rings is 3. The Morgan fingerprint density at radius 1 is 0.604 bits per heavy atom. The van der Waals surface area contributed by atoms with E-state index in [1.165, 1.54) is 45.1 Å². The standard InChI is InChI=1S/C11H13NO.2C10H10Cl2N2.C9H13NO2.2C7H14F2N2O.2C7H16N4O.2C7H7NO.C6H13N3.C5H11N3O.C5H14NO/c1-2-3-8-7-12-11-5-4-9(13)6-10(8)11;2*11-7-3-1-4-8(12)10(7)14-9-5-2-6-13-9;1-3-8-7(5-11)4-10-6(2)9(8)12;2*1-5(12)7(11,6(8)9)3-2-4-10;2*1-5(12)6(8)3-2-4-11-7(9)10;2*1-6(9)7-3-2-4-8-5-7;1-5(2)4-9(3)6(7)8;1-4(9)3-8(2)5(6)7;1-6(2,3)4-5-7/h4-7,12-13H,2-3H2,1H3;2*1,3-4H,2,5-6H2,(H,13,14);4,11-12H,3,5H2,1-2H3;2*6H,2-4,10-11H2,1H3;2*6H,2-4,8H2,1H3,(H4,9,10,11);2*2-5H,1H3;1,4H2,2-3H3,(H3,7,8);3H2,1-2H3,(H3,6,7);7H,4-5H2,1-3H3/q;;;;;;;;;;;;+1/t;;;;;;2*6-;;;;;/m......00...../s1. The fourth-order valence-electron chi connectivity index (χ4n) is 11.1. The van der Waals surface area contributed by atoms with Crippen LogP contribution in [0, 0.1) is 17.7 Å². The monoisotopic (exact) mass is 2110 g/mol. The molecule has 806 valence electrons. The number of anilines is 2. The van der Waals surface area contributed by atoms with Crippen LogP contribution < -0.4 is 79.4 Å². The Bertz CT molecular complexity index is 4830. The number of carbonyl (C=O) groups is 7. The maximum atomic E-state index is 12.3. The van der Waals surface area contributed by atoms with Gasteiger partial charge < -0.3 is 119 Å². The van der Waals surface area contributed by atoms with E-state index in [0.717, 1.165) is 134 Å². The summed E-state index contributed by atoms with van der Waals surface area (Å²) < 4.78 is 49.9. The molecule has 4 atom stereocenters. The molecule has 46 heteroatoms. The van der Waals surface area contributed by atoms with Crippen molar-refractivity contribution in [2.75, 3.05) is 111 Å². The molecule has 0 bridgehead atoms. The summed E-state index contributed by atoms with van der Waals surface area (Å²) in [7, 11) is 9.52. The Labute approximate surface area is 864 Å². The fourth-order valence-corrected chi connectivity index (χ4v) is 12.1. The number of aromatic nitrogens is 4. The van der Waals surface area contributed by atoms with Crippen LogP contribution in [0.3, 0.4) is 0 Å². The van der Waals surface area contributed by atoms with E-state index in [-0.39, 0.29) is 116 Å². The number of H-pyrrole nitrogens is 1. The highest BCUT2D eigenvalue weighted by molar-refractivity contribution is 6.40. The number of ketones is 7. The number of amidine groups is 2. The highest BCUT2D eigenvalue weighted by atomic mass is 35.5. The number of phenols is 1. The van der Waals surface area contributed by atoms with Gasteiger partial charge in [-0.3, -0.25) is 79.3 Å². The van der Waals surface area contributed by atoms with Gasteiger partial charge in [0.2, 0.25) is 0 Å². The van der Waals surface area contributed by atoms with E-state index in [9.17, 15) is 61.3 Å². The molecule has 2 unspecified atom stereocenters. The molecule has 7 aromatic rings. The van der Waals surface area contributed by atoms with E-state index in [4.69, 9.17) is 136 Å². The first-order valence-corrected chi connectivity index (χ1v) is 47.5. The number of hydrogen-bond donors (Lipinski definition) is 21. The van der Waals surface area contributed by atoms with Gasteiger partial charge in [0.1, 0.15) is 58.1 Å². The molecule has 6 heterocycles. The summed E-state index contributed by atoms with van der Waals surface area (Å²) in [6, 6.07) is 22.6. The van der Waals surface area contributed by atoms with Crippen LogP contribution in [0.4, 0.5) is 28.9 Å². The zero-order valence-corrected chi connectivity index (χ0v) is 89.0. The minimum Gasteiger partial charge on any atom is -0.508 e. The van der Waals surface area contributed by atoms with E-state index in [1.807, 2.05) is 68.6 Å². The number of phenolic OH excluding ortho intramolecular Hbond substituents is 1. The third kappa shape index (κ3) is 64.1. The number of guanidine groups is 4. The molecule has 3 aromatic carbocycles. The Balaban J connectivity index is -0.000000740. The zero-order valence-electron chi connectivity index (χ0n) is 85.9. The molecule has 38 nitrogen and oxygen atoms in total. The molecule has 0 radical (unpaired) electrons. The van der Waals surface area contributed by atoms with Crippen LogP contribution in [-0.2, 0) is 43.4 Å². The van der Waals surface area contributed by atoms with Crippen molar-refractivity contribution >= 4 is 145 Å². The number of fused-ring (bicyclic) bond motifs is 1. The molecule has 9 rings (SSSR count). The molecule has 0 saturated carbocycles. The van der Waals surface area contributed by atoms with E-state index in [1.54, 1.807) is 87.2 Å². The Hall–Kier alpha value is -11.8. The van der Waals surface area contributed by atoms with Crippen molar-refractivity contribution < 1.29 is 76.0 Å². The minimum absolute atomic E-state index is 0.000278. The first-order chi connectivity index (χ1) is 67.3. The first kappa shape index (κ1) is 138. The van der Waals surface area contributed by atoms with Crippen LogP contribution in [0.2, 0.25) is 20.1 Å². The summed E-state index contributed by atoms with van der Waals surface area (Å²) >= 11 is 24.0. The lowest BCUT2D eigenvalue weighted by Crippen LogP contribution is -2.53. The number of aromatic hydroxyl groups is 2. The van der Waals surface area contributed by atoms with Crippen LogP contribution in [0.25, 0.3) is 10.9 Å². The van der Waals surface area contributed by atoms with Gasteiger partial charge in [0.25, 0.3) is 12.9 Å². The quantitative estimate of drug-likeness (QED) is 0.00339.